The zero-order valence-electron chi connectivity index (χ0n) is 10.4. The third-order valence-corrected chi connectivity index (χ3v) is 3.70. The number of carbonyl (C=O) groups is 1. The number of carbonyl (C=O) groups excluding carboxylic acids is 1. The molecule has 0 atom stereocenters. The van der Waals surface area contributed by atoms with Crippen LogP contribution in [0, 0.1) is 0 Å². The Morgan fingerprint density at radius 1 is 1.47 bits per heavy atom. The van der Waals surface area contributed by atoms with E-state index in [-0.39, 0.29) is 5.91 Å². The van der Waals surface area contributed by atoms with Gasteiger partial charge in [-0.1, -0.05) is 0 Å². The summed E-state index contributed by atoms with van der Waals surface area (Å²) in [6, 6.07) is 0.970. The van der Waals surface area contributed by atoms with E-state index >= 15 is 0 Å². The Morgan fingerprint density at radius 2 is 2.18 bits per heavy atom. The Kier molecular flexibility index (Phi) is 3.78. The third-order valence-electron chi connectivity index (χ3n) is 3.70. The van der Waals surface area contributed by atoms with E-state index in [1.807, 2.05) is 19.0 Å². The topological polar surface area (TPSA) is 61.0 Å². The molecule has 0 radical (unpaired) electrons. The van der Waals surface area contributed by atoms with Crippen LogP contribution >= 0.6 is 0 Å². The van der Waals surface area contributed by atoms with E-state index < -0.39 is 0 Å². The molecule has 1 amide bonds. The maximum atomic E-state index is 12.1. The van der Waals surface area contributed by atoms with Gasteiger partial charge in [-0.2, -0.15) is 0 Å². The molecular formula is C12H20N4O. The van der Waals surface area contributed by atoms with Gasteiger partial charge in [0, 0.05) is 19.1 Å². The summed E-state index contributed by atoms with van der Waals surface area (Å²) >= 11 is 0. The Bertz CT molecular complexity index is 355. The maximum absolute atomic E-state index is 12.1. The molecule has 1 fully saturated rings. The highest BCUT2D eigenvalue weighted by atomic mass is 16.2. The minimum Gasteiger partial charge on any atom is -0.341 e. The lowest BCUT2D eigenvalue weighted by atomic mass is 9.90. The highest BCUT2D eigenvalue weighted by Gasteiger charge is 2.26. The van der Waals surface area contributed by atoms with Crippen molar-refractivity contribution in [2.45, 2.75) is 37.8 Å². The second-order valence-electron chi connectivity index (χ2n) is 4.68. The van der Waals surface area contributed by atoms with Crippen LogP contribution in [0.25, 0.3) is 0 Å². The van der Waals surface area contributed by atoms with Crippen molar-refractivity contribution in [3.63, 3.8) is 0 Å². The van der Waals surface area contributed by atoms with E-state index in [0.29, 0.717) is 17.8 Å². The number of rotatable bonds is 3. The molecule has 2 N–H and O–H groups in total. The number of hydrogen-bond donors (Lipinski definition) is 2. The predicted octanol–water partition coefficient (Wildman–Crippen LogP) is 1.01. The number of nitrogens with one attached hydrogen (secondary N) is 2. The molecule has 1 saturated carbocycles. The molecule has 0 spiro atoms. The SMILES string of the molecule is CNC1CCC(N(C)C(=O)c2cnc[nH]2)CC1. The highest BCUT2D eigenvalue weighted by Crippen LogP contribution is 2.23. The van der Waals surface area contributed by atoms with E-state index in [9.17, 15) is 4.79 Å². The van der Waals surface area contributed by atoms with E-state index in [1.165, 1.54) is 0 Å². The van der Waals surface area contributed by atoms with Crippen LogP contribution in [0.4, 0.5) is 0 Å². The summed E-state index contributed by atoms with van der Waals surface area (Å²) in [6.07, 6.45) is 7.55. The minimum atomic E-state index is 0.0374. The van der Waals surface area contributed by atoms with Crippen molar-refractivity contribution < 1.29 is 4.79 Å². The number of imidazole rings is 1. The van der Waals surface area contributed by atoms with Crippen LogP contribution in [-0.2, 0) is 0 Å². The lowest BCUT2D eigenvalue weighted by Crippen LogP contribution is -2.42. The van der Waals surface area contributed by atoms with Crippen molar-refractivity contribution in [3.8, 4) is 0 Å². The van der Waals surface area contributed by atoms with Gasteiger partial charge in [-0.25, -0.2) is 4.98 Å². The molecule has 2 rings (SSSR count). The number of aromatic amines is 1. The fraction of sp³-hybridized carbons (Fsp3) is 0.667. The Morgan fingerprint density at radius 3 is 2.71 bits per heavy atom. The summed E-state index contributed by atoms with van der Waals surface area (Å²) in [5.41, 5.74) is 0.572. The molecule has 0 aromatic carbocycles. The van der Waals surface area contributed by atoms with E-state index in [0.717, 1.165) is 25.7 Å². The minimum absolute atomic E-state index is 0.0374. The molecule has 1 aliphatic carbocycles. The van der Waals surface area contributed by atoms with Crippen LogP contribution in [0.5, 0.6) is 0 Å². The number of hydrogen-bond acceptors (Lipinski definition) is 3. The van der Waals surface area contributed by atoms with Gasteiger partial charge in [-0.3, -0.25) is 4.79 Å². The summed E-state index contributed by atoms with van der Waals surface area (Å²) in [4.78, 5) is 20.7. The first-order valence-corrected chi connectivity index (χ1v) is 6.15. The standard InChI is InChI=1S/C12H20N4O/c1-13-9-3-5-10(6-4-9)16(2)12(17)11-7-14-8-15-11/h7-10,13H,3-6H2,1-2H3,(H,14,15). The quantitative estimate of drug-likeness (QED) is 0.823. The van der Waals surface area contributed by atoms with E-state index in [1.54, 1.807) is 12.5 Å². The van der Waals surface area contributed by atoms with Crippen LogP contribution < -0.4 is 5.32 Å². The molecular weight excluding hydrogens is 216 g/mol. The normalized spacial score (nSPS) is 24.6. The molecule has 1 aromatic rings. The first kappa shape index (κ1) is 12.1. The monoisotopic (exact) mass is 236 g/mol. The van der Waals surface area contributed by atoms with Crippen molar-refractivity contribution in [1.82, 2.24) is 20.2 Å². The summed E-state index contributed by atoms with van der Waals surface area (Å²) in [5.74, 6) is 0.0374. The van der Waals surface area contributed by atoms with Crippen LogP contribution in [0.2, 0.25) is 0 Å². The van der Waals surface area contributed by atoms with Crippen LogP contribution in [0.1, 0.15) is 36.2 Å². The van der Waals surface area contributed by atoms with Gasteiger partial charge in [0.05, 0.1) is 12.5 Å². The largest absolute Gasteiger partial charge is 0.341 e. The molecule has 0 unspecified atom stereocenters. The first-order chi connectivity index (χ1) is 8.22. The number of aromatic nitrogens is 2. The average molecular weight is 236 g/mol. The molecule has 1 heterocycles. The molecule has 5 heteroatoms. The van der Waals surface area contributed by atoms with Gasteiger partial charge in [0.2, 0.25) is 0 Å². The highest BCUT2D eigenvalue weighted by molar-refractivity contribution is 5.92. The summed E-state index contributed by atoms with van der Waals surface area (Å²) in [7, 11) is 3.89. The van der Waals surface area contributed by atoms with Crippen molar-refractivity contribution >= 4 is 5.91 Å². The Hall–Kier alpha value is -1.36. The van der Waals surface area contributed by atoms with Crippen molar-refractivity contribution in [2.75, 3.05) is 14.1 Å². The van der Waals surface area contributed by atoms with Gasteiger partial charge in [-0.15, -0.1) is 0 Å². The van der Waals surface area contributed by atoms with Gasteiger partial charge in [-0.05, 0) is 32.7 Å². The lowest BCUT2D eigenvalue weighted by Gasteiger charge is -2.34. The van der Waals surface area contributed by atoms with Crippen LogP contribution in [-0.4, -0.2) is 47.0 Å². The average Bonchev–Trinajstić information content (AvgIpc) is 2.91. The van der Waals surface area contributed by atoms with Gasteiger partial charge in [0.25, 0.3) is 5.91 Å². The first-order valence-electron chi connectivity index (χ1n) is 6.15. The van der Waals surface area contributed by atoms with Gasteiger partial charge < -0.3 is 15.2 Å². The van der Waals surface area contributed by atoms with Crippen molar-refractivity contribution in [1.29, 1.82) is 0 Å². The summed E-state index contributed by atoms with van der Waals surface area (Å²) in [6.45, 7) is 0. The van der Waals surface area contributed by atoms with Crippen molar-refractivity contribution in [2.24, 2.45) is 0 Å². The van der Waals surface area contributed by atoms with Crippen LogP contribution in [0.3, 0.4) is 0 Å². The molecule has 1 aliphatic rings. The second kappa shape index (κ2) is 5.31. The molecule has 1 aromatic heterocycles. The van der Waals surface area contributed by atoms with Gasteiger partial charge >= 0.3 is 0 Å². The number of nitrogens with zero attached hydrogens (tertiary/aromatic N) is 2. The van der Waals surface area contributed by atoms with Crippen molar-refractivity contribution in [3.05, 3.63) is 18.2 Å². The lowest BCUT2D eigenvalue weighted by molar-refractivity contribution is 0.0680. The van der Waals surface area contributed by atoms with Gasteiger partial charge in [0.15, 0.2) is 0 Å². The molecule has 0 saturated heterocycles. The summed E-state index contributed by atoms with van der Waals surface area (Å²) < 4.78 is 0. The van der Waals surface area contributed by atoms with E-state index in [4.69, 9.17) is 0 Å². The predicted molar refractivity (Wildman–Crippen MR) is 65.8 cm³/mol. The summed E-state index contributed by atoms with van der Waals surface area (Å²) in [5, 5.41) is 3.30. The number of H-pyrrole nitrogens is 1. The maximum Gasteiger partial charge on any atom is 0.271 e. The van der Waals surface area contributed by atoms with Gasteiger partial charge in [0.1, 0.15) is 5.69 Å². The zero-order valence-corrected chi connectivity index (χ0v) is 10.4. The van der Waals surface area contributed by atoms with E-state index in [2.05, 4.69) is 15.3 Å². The third kappa shape index (κ3) is 2.66. The van der Waals surface area contributed by atoms with Crippen LogP contribution in [0.15, 0.2) is 12.5 Å². The molecule has 0 aliphatic heterocycles. The fourth-order valence-electron chi connectivity index (χ4n) is 2.48. The fourth-order valence-corrected chi connectivity index (χ4v) is 2.48. The zero-order chi connectivity index (χ0) is 12.3. The molecule has 0 bridgehead atoms. The molecule has 5 nitrogen and oxygen atoms in total. The Balaban J connectivity index is 1.92. The molecule has 94 valence electrons. The second-order valence-corrected chi connectivity index (χ2v) is 4.68. The number of amides is 1. The Labute approximate surface area is 102 Å². The molecule has 17 heavy (non-hydrogen) atoms. The smallest absolute Gasteiger partial charge is 0.271 e.